The van der Waals surface area contributed by atoms with Crippen LogP contribution in [0.2, 0.25) is 0 Å². The summed E-state index contributed by atoms with van der Waals surface area (Å²) in [6.45, 7) is 3.49. The van der Waals surface area contributed by atoms with Crippen molar-refractivity contribution < 1.29 is 14.3 Å². The summed E-state index contributed by atoms with van der Waals surface area (Å²) in [5.41, 5.74) is 2.60. The number of cyclic esters (lactones) is 1. The molecule has 2 aliphatic rings. The zero-order valence-corrected chi connectivity index (χ0v) is 9.33. The second-order valence-electron chi connectivity index (χ2n) is 4.52. The molecule has 0 bridgehead atoms. The maximum Gasteiger partial charge on any atom is 0.381 e. The lowest BCUT2D eigenvalue weighted by molar-refractivity contribution is -0.146. The maximum atomic E-state index is 11.7. The lowest BCUT2D eigenvalue weighted by atomic mass is 9.83. The molecule has 1 saturated carbocycles. The predicted octanol–water partition coefficient (Wildman–Crippen LogP) is 2.37. The molecule has 1 saturated heterocycles. The van der Waals surface area contributed by atoms with Gasteiger partial charge in [-0.15, -0.1) is 0 Å². The number of carbonyl (C=O) groups excluding carboxylic acids is 2. The van der Waals surface area contributed by atoms with Gasteiger partial charge < -0.3 is 4.74 Å². The SMILES string of the molecule is C=C=C1OC(=O)C(=O)C1C1CCCCCC1. The van der Waals surface area contributed by atoms with Crippen LogP contribution in [0.4, 0.5) is 0 Å². The van der Waals surface area contributed by atoms with E-state index in [9.17, 15) is 9.59 Å². The van der Waals surface area contributed by atoms with Crippen LogP contribution in [-0.2, 0) is 14.3 Å². The zero-order valence-electron chi connectivity index (χ0n) is 9.33. The Morgan fingerprint density at radius 1 is 1.12 bits per heavy atom. The molecule has 2 fully saturated rings. The Balaban J connectivity index is 2.20. The van der Waals surface area contributed by atoms with Gasteiger partial charge in [0, 0.05) is 0 Å². The Morgan fingerprint density at radius 3 is 2.31 bits per heavy atom. The minimum atomic E-state index is -0.736. The van der Waals surface area contributed by atoms with Crippen LogP contribution in [0.3, 0.4) is 0 Å². The third-order valence-electron chi connectivity index (χ3n) is 3.51. The van der Waals surface area contributed by atoms with Crippen LogP contribution in [0, 0.1) is 11.8 Å². The lowest BCUT2D eigenvalue weighted by Gasteiger charge is -2.17. The molecule has 2 rings (SSSR count). The zero-order chi connectivity index (χ0) is 11.5. The van der Waals surface area contributed by atoms with Gasteiger partial charge in [0.05, 0.1) is 5.92 Å². The molecular formula is C13H16O3. The van der Waals surface area contributed by atoms with Crippen LogP contribution in [-0.4, -0.2) is 11.8 Å². The van der Waals surface area contributed by atoms with Crippen molar-refractivity contribution in [2.75, 3.05) is 0 Å². The van der Waals surface area contributed by atoms with Gasteiger partial charge in [0.1, 0.15) is 0 Å². The summed E-state index contributed by atoms with van der Waals surface area (Å²) in [4.78, 5) is 22.9. The fourth-order valence-corrected chi connectivity index (χ4v) is 2.68. The van der Waals surface area contributed by atoms with Crippen molar-refractivity contribution in [1.29, 1.82) is 0 Å². The van der Waals surface area contributed by atoms with Crippen molar-refractivity contribution in [3.05, 3.63) is 18.1 Å². The first-order chi connectivity index (χ1) is 7.74. The average Bonchev–Trinajstić information content (AvgIpc) is 2.51. The molecule has 0 amide bonds. The van der Waals surface area contributed by atoms with Crippen LogP contribution in [0.1, 0.15) is 38.5 Å². The number of rotatable bonds is 1. The van der Waals surface area contributed by atoms with E-state index in [1.165, 1.54) is 12.8 Å². The number of carbonyl (C=O) groups is 2. The highest BCUT2D eigenvalue weighted by Gasteiger charge is 2.44. The summed E-state index contributed by atoms with van der Waals surface area (Å²) in [7, 11) is 0. The molecule has 0 spiro atoms. The van der Waals surface area contributed by atoms with E-state index < -0.39 is 17.7 Å². The minimum Gasteiger partial charge on any atom is -0.416 e. The lowest BCUT2D eigenvalue weighted by Crippen LogP contribution is -2.22. The van der Waals surface area contributed by atoms with Gasteiger partial charge in [-0.05, 0) is 18.8 Å². The number of ketones is 1. The van der Waals surface area contributed by atoms with Crippen LogP contribution < -0.4 is 0 Å². The Kier molecular flexibility index (Phi) is 3.25. The van der Waals surface area contributed by atoms with E-state index in [4.69, 9.17) is 4.74 Å². The third-order valence-corrected chi connectivity index (χ3v) is 3.51. The van der Waals surface area contributed by atoms with Crippen LogP contribution in [0.5, 0.6) is 0 Å². The van der Waals surface area contributed by atoms with E-state index in [-0.39, 0.29) is 5.92 Å². The number of allylic oxidation sites excluding steroid dienone is 1. The highest BCUT2D eigenvalue weighted by atomic mass is 16.6. The number of hydrogen-bond donors (Lipinski definition) is 0. The molecular weight excluding hydrogens is 204 g/mol. The molecule has 0 aromatic heterocycles. The fourth-order valence-electron chi connectivity index (χ4n) is 2.68. The molecule has 1 atom stereocenters. The molecule has 0 radical (unpaired) electrons. The van der Waals surface area contributed by atoms with Crippen LogP contribution in [0.15, 0.2) is 18.1 Å². The van der Waals surface area contributed by atoms with Crippen molar-refractivity contribution in [3.63, 3.8) is 0 Å². The van der Waals surface area contributed by atoms with Gasteiger partial charge in [-0.1, -0.05) is 38.0 Å². The molecule has 1 aliphatic carbocycles. The molecule has 3 nitrogen and oxygen atoms in total. The van der Waals surface area contributed by atoms with E-state index in [2.05, 4.69) is 12.3 Å². The highest BCUT2D eigenvalue weighted by Crippen LogP contribution is 2.37. The van der Waals surface area contributed by atoms with E-state index in [1.807, 2.05) is 0 Å². The van der Waals surface area contributed by atoms with Crippen LogP contribution >= 0.6 is 0 Å². The minimum absolute atomic E-state index is 0.241. The normalized spacial score (nSPS) is 27.5. The number of esters is 1. The molecule has 1 unspecified atom stereocenters. The van der Waals surface area contributed by atoms with E-state index >= 15 is 0 Å². The monoisotopic (exact) mass is 220 g/mol. The third kappa shape index (κ3) is 1.96. The highest BCUT2D eigenvalue weighted by molar-refractivity contribution is 6.37. The summed E-state index contributed by atoms with van der Waals surface area (Å²) in [5, 5.41) is 0. The Morgan fingerprint density at radius 2 is 1.75 bits per heavy atom. The van der Waals surface area contributed by atoms with Crippen molar-refractivity contribution in [2.24, 2.45) is 11.8 Å². The molecule has 1 heterocycles. The summed E-state index contributed by atoms with van der Waals surface area (Å²) < 4.78 is 4.88. The first-order valence-corrected chi connectivity index (χ1v) is 5.90. The van der Waals surface area contributed by atoms with E-state index in [0.717, 1.165) is 25.7 Å². The standard InChI is InChI=1S/C13H16O3/c1-2-10-11(12(14)13(15)16-10)9-7-5-3-4-6-8-9/h9,11H,1,3-8H2. The molecule has 3 heteroatoms. The molecule has 0 N–H and O–H groups in total. The molecule has 16 heavy (non-hydrogen) atoms. The Hall–Kier alpha value is -1.34. The van der Waals surface area contributed by atoms with Gasteiger partial charge in [0.15, 0.2) is 5.76 Å². The quantitative estimate of drug-likeness (QED) is 0.295. The Bertz CT molecular complexity index is 355. The molecule has 0 aromatic rings. The van der Waals surface area contributed by atoms with Gasteiger partial charge in [-0.3, -0.25) is 4.79 Å². The van der Waals surface area contributed by atoms with E-state index in [0.29, 0.717) is 5.76 Å². The Labute approximate surface area is 95.2 Å². The van der Waals surface area contributed by atoms with Crippen molar-refractivity contribution >= 4 is 11.8 Å². The summed E-state index contributed by atoms with van der Waals surface area (Å²) in [5.74, 6) is -0.950. The van der Waals surface area contributed by atoms with Crippen molar-refractivity contribution in [2.45, 2.75) is 38.5 Å². The second-order valence-corrected chi connectivity index (χ2v) is 4.52. The van der Waals surface area contributed by atoms with Crippen molar-refractivity contribution in [3.8, 4) is 0 Å². The summed E-state index contributed by atoms with van der Waals surface area (Å²) in [6, 6.07) is 0. The fraction of sp³-hybridized carbons (Fsp3) is 0.615. The molecule has 86 valence electrons. The summed E-state index contributed by atoms with van der Waals surface area (Å²) >= 11 is 0. The van der Waals surface area contributed by atoms with Crippen molar-refractivity contribution in [1.82, 2.24) is 0 Å². The topological polar surface area (TPSA) is 43.4 Å². The first-order valence-electron chi connectivity index (χ1n) is 5.90. The number of ether oxygens (including phenoxy) is 1. The van der Waals surface area contributed by atoms with Gasteiger partial charge in [0.25, 0.3) is 5.78 Å². The maximum absolute atomic E-state index is 11.7. The van der Waals surface area contributed by atoms with E-state index in [1.54, 1.807) is 0 Å². The molecule has 1 aliphatic heterocycles. The van der Waals surface area contributed by atoms with Crippen LogP contribution in [0.25, 0.3) is 0 Å². The smallest absolute Gasteiger partial charge is 0.381 e. The predicted molar refractivity (Wildman–Crippen MR) is 58.4 cm³/mol. The van der Waals surface area contributed by atoms with Gasteiger partial charge >= 0.3 is 5.97 Å². The first kappa shape index (κ1) is 11.2. The largest absolute Gasteiger partial charge is 0.416 e. The van der Waals surface area contributed by atoms with Gasteiger partial charge in [-0.2, -0.15) is 0 Å². The summed E-state index contributed by atoms with van der Waals surface area (Å²) in [6.07, 6.45) is 6.70. The average molecular weight is 220 g/mol. The number of Topliss-reactive ketones (excluding diaryl/α,β-unsaturated/α-hetero) is 1. The van der Waals surface area contributed by atoms with Gasteiger partial charge in [0.2, 0.25) is 0 Å². The second kappa shape index (κ2) is 4.67. The van der Waals surface area contributed by atoms with Gasteiger partial charge in [-0.25, -0.2) is 4.79 Å². The molecule has 0 aromatic carbocycles. The number of hydrogen-bond acceptors (Lipinski definition) is 3.